The molecule has 0 amide bonds. The Morgan fingerprint density at radius 3 is 2.71 bits per heavy atom. The fourth-order valence-corrected chi connectivity index (χ4v) is 3.91. The van der Waals surface area contributed by atoms with Crippen LogP contribution in [0, 0.1) is 6.92 Å². The van der Waals surface area contributed by atoms with Gasteiger partial charge in [-0.3, -0.25) is 4.90 Å². The molecule has 1 aliphatic rings. The van der Waals surface area contributed by atoms with E-state index in [0.717, 1.165) is 66.8 Å². The number of fused-ring (bicyclic) bond motifs is 3. The number of hydrogen-bond acceptors (Lipinski definition) is 9. The number of anilines is 1. The number of aromatic nitrogens is 7. The maximum Gasteiger partial charge on any atom is 0.321 e. The van der Waals surface area contributed by atoms with Gasteiger partial charge >= 0.3 is 16.5 Å². The van der Waals surface area contributed by atoms with Crippen molar-refractivity contribution >= 4 is 39.1 Å². The first-order valence-electron chi connectivity index (χ1n) is 9.31. The van der Waals surface area contributed by atoms with Crippen LogP contribution in [0.4, 0.5) is 5.95 Å². The topological polar surface area (TPSA) is 119 Å². The minimum absolute atomic E-state index is 0.271. The van der Waals surface area contributed by atoms with Crippen LogP contribution in [0.3, 0.4) is 0 Å². The summed E-state index contributed by atoms with van der Waals surface area (Å²) in [6.07, 6.45) is 1.78. The van der Waals surface area contributed by atoms with Gasteiger partial charge in [0.25, 0.3) is 0 Å². The molecule has 1 aliphatic heterocycles. The average Bonchev–Trinajstić information content (AvgIpc) is 3.39. The van der Waals surface area contributed by atoms with Crippen LogP contribution in [-0.2, 0) is 6.54 Å². The van der Waals surface area contributed by atoms with Gasteiger partial charge in [0.2, 0.25) is 11.8 Å². The molecule has 0 unspecified atom stereocenters. The van der Waals surface area contributed by atoms with E-state index in [1.54, 1.807) is 12.3 Å². The van der Waals surface area contributed by atoms with Crippen molar-refractivity contribution < 1.29 is 4.52 Å². The number of nitrogens with zero attached hydrogens (tertiary/aromatic N) is 9. The molecule has 28 heavy (non-hydrogen) atoms. The van der Waals surface area contributed by atoms with Crippen LogP contribution in [0.1, 0.15) is 5.76 Å². The molecule has 4 aromatic heterocycles. The molecule has 2 N–H and O–H groups in total. The largest absolute Gasteiger partial charge is 0.388 e. The molecule has 1 fully saturated rings. The van der Waals surface area contributed by atoms with Crippen LogP contribution in [0.25, 0.3) is 28.2 Å². The van der Waals surface area contributed by atoms with E-state index in [4.69, 9.17) is 10.3 Å². The number of piperazine rings is 1. The summed E-state index contributed by atoms with van der Waals surface area (Å²) in [7, 11) is 0. The Morgan fingerprint density at radius 2 is 1.96 bits per heavy atom. The second-order valence-electron chi connectivity index (χ2n) is 7.21. The van der Waals surface area contributed by atoms with Crippen molar-refractivity contribution in [2.24, 2.45) is 0 Å². The van der Waals surface area contributed by atoms with E-state index in [1.807, 2.05) is 11.6 Å². The van der Waals surface area contributed by atoms with Crippen molar-refractivity contribution in [1.29, 1.82) is 0 Å². The number of hydrogen-bond donors (Lipinski definition) is 1. The van der Waals surface area contributed by atoms with Gasteiger partial charge < -0.3 is 14.1 Å². The Balaban J connectivity index is 1.47. The Labute approximate surface area is 168 Å². The molecule has 144 valence electrons. The molecule has 11 nitrogen and oxygen atoms in total. The molecule has 5 rings (SSSR count). The highest BCUT2D eigenvalue weighted by molar-refractivity contribution is 6.04. The summed E-state index contributed by atoms with van der Waals surface area (Å²) >= 11 is 1.14. The lowest BCUT2D eigenvalue weighted by Gasteiger charge is -2.33. The summed E-state index contributed by atoms with van der Waals surface area (Å²) in [5, 5.41) is 13.8. The van der Waals surface area contributed by atoms with Crippen LogP contribution in [0.15, 0.2) is 16.8 Å². The lowest BCUT2D eigenvalue weighted by atomic mass is 10.3. The molecule has 0 aromatic carbocycles. The molecule has 0 saturated carbocycles. The van der Waals surface area contributed by atoms with E-state index in [0.29, 0.717) is 22.9 Å². The zero-order chi connectivity index (χ0) is 19.3. The molecule has 0 bridgehead atoms. The minimum atomic E-state index is 0.271. The quantitative estimate of drug-likeness (QED) is 0.441. The van der Waals surface area contributed by atoms with Crippen molar-refractivity contribution in [3.05, 3.63) is 18.0 Å². The Kier molecular flexibility index (Phi) is 4.28. The molecule has 0 spiro atoms. The lowest BCUT2D eigenvalue weighted by Crippen LogP contribution is -2.46. The third kappa shape index (κ3) is 3.04. The van der Waals surface area contributed by atoms with Gasteiger partial charge in [0.05, 0.1) is 18.1 Å². The summed E-state index contributed by atoms with van der Waals surface area (Å²) in [5.74, 6) is 1.42. The molecule has 1 saturated heterocycles. The van der Waals surface area contributed by atoms with Gasteiger partial charge in [-0.25, -0.2) is 9.67 Å². The monoisotopic (exact) mass is 396 g/mol. The first-order chi connectivity index (χ1) is 13.6. The third-order valence-electron chi connectivity index (χ3n) is 5.18. The number of nitrogen functional groups attached to an aromatic ring is 1. The predicted octanol–water partition coefficient (Wildman–Crippen LogP) is -0.815. The van der Waals surface area contributed by atoms with Gasteiger partial charge in [0.15, 0.2) is 17.0 Å². The zero-order valence-electron chi connectivity index (χ0n) is 15.9. The van der Waals surface area contributed by atoms with E-state index in [2.05, 4.69) is 34.1 Å². The maximum absolute atomic E-state index is 6.15. The molecule has 12 heteroatoms. The van der Waals surface area contributed by atoms with Crippen LogP contribution in [0.2, 0.25) is 0 Å². The highest BCUT2D eigenvalue weighted by Crippen LogP contribution is 2.23. The highest BCUT2D eigenvalue weighted by atomic mass is 27.1. The molecular formula is C16H21AlN10O. The third-order valence-corrected chi connectivity index (χ3v) is 6.07. The average molecular weight is 396 g/mol. The Bertz CT molecular complexity index is 1140. The van der Waals surface area contributed by atoms with E-state index < -0.39 is 0 Å². The van der Waals surface area contributed by atoms with Crippen molar-refractivity contribution in [1.82, 2.24) is 43.3 Å². The predicted molar refractivity (Wildman–Crippen MR) is 105 cm³/mol. The van der Waals surface area contributed by atoms with Gasteiger partial charge in [0, 0.05) is 25.7 Å². The van der Waals surface area contributed by atoms with E-state index in [1.165, 1.54) is 4.52 Å². The minimum Gasteiger partial charge on any atom is -0.388 e. The molecule has 0 atom stereocenters. The summed E-state index contributed by atoms with van der Waals surface area (Å²) < 4.78 is 11.0. The van der Waals surface area contributed by atoms with Gasteiger partial charge in [0.1, 0.15) is 5.76 Å². The first-order valence-corrected chi connectivity index (χ1v) is 10.2. The van der Waals surface area contributed by atoms with E-state index in [9.17, 15) is 0 Å². The van der Waals surface area contributed by atoms with Gasteiger partial charge in [-0.1, -0.05) is 5.16 Å². The normalized spacial score (nSPS) is 16.5. The second-order valence-corrected chi connectivity index (χ2v) is 8.48. The Hall–Kier alpha value is -2.52. The van der Waals surface area contributed by atoms with Crippen LogP contribution in [-0.4, -0.2) is 92.5 Å². The van der Waals surface area contributed by atoms with Gasteiger partial charge in [-0.05, 0) is 20.0 Å². The SMILES string of the molecule is Cc1cc(-c2nc3c4cnn(CCN5CC[N]([AlH2])CC5)c4nc(N)n3n2)no1. The first kappa shape index (κ1) is 17.6. The number of nitrogens with two attached hydrogens (primary N) is 1. The van der Waals surface area contributed by atoms with Crippen molar-refractivity contribution in [3.8, 4) is 11.5 Å². The van der Waals surface area contributed by atoms with Crippen LogP contribution in [0.5, 0.6) is 0 Å². The van der Waals surface area contributed by atoms with Crippen molar-refractivity contribution in [3.63, 3.8) is 0 Å². The summed E-state index contributed by atoms with van der Waals surface area (Å²) in [6.45, 7) is 8.04. The van der Waals surface area contributed by atoms with Crippen LogP contribution < -0.4 is 5.73 Å². The lowest BCUT2D eigenvalue weighted by molar-refractivity contribution is 0.184. The summed E-state index contributed by atoms with van der Waals surface area (Å²) in [4.78, 5) is 11.6. The maximum atomic E-state index is 6.15. The van der Waals surface area contributed by atoms with Gasteiger partial charge in [-0.15, -0.1) is 5.10 Å². The standard InChI is InChI=1S/C16H19N10O.Al.2H/c1-10-8-12(23-27-10)13-20-15-11-9-19-25(7-6-24-4-2-18-3-5-24)14(11)21-16(17)26(15)22-13;;;/h8-9H,2-7H2,1H3,(H2,17,21);;;/q-1;+1;;. The van der Waals surface area contributed by atoms with E-state index >= 15 is 0 Å². The fraction of sp³-hybridized carbons (Fsp3) is 0.438. The van der Waals surface area contributed by atoms with E-state index in [-0.39, 0.29) is 5.95 Å². The summed E-state index contributed by atoms with van der Waals surface area (Å²) in [6, 6.07) is 1.79. The molecule has 0 radical (unpaired) electrons. The smallest absolute Gasteiger partial charge is 0.321 e. The van der Waals surface area contributed by atoms with Crippen molar-refractivity contribution in [2.75, 3.05) is 38.5 Å². The molecule has 4 aromatic rings. The summed E-state index contributed by atoms with van der Waals surface area (Å²) in [5.41, 5.74) is 8.07. The molecule has 0 aliphatic carbocycles. The number of rotatable bonds is 4. The number of aryl methyl sites for hydroxylation is 1. The molecular weight excluding hydrogens is 375 g/mol. The molecule has 5 heterocycles. The Morgan fingerprint density at radius 1 is 1.14 bits per heavy atom. The van der Waals surface area contributed by atoms with Gasteiger partial charge in [-0.2, -0.15) is 14.6 Å². The van der Waals surface area contributed by atoms with Crippen LogP contribution >= 0.6 is 0 Å². The highest BCUT2D eigenvalue weighted by Gasteiger charge is 2.19. The fourth-order valence-electron chi connectivity index (χ4n) is 3.51. The van der Waals surface area contributed by atoms with Crippen molar-refractivity contribution in [2.45, 2.75) is 13.5 Å². The zero-order valence-corrected chi connectivity index (χ0v) is 17.9. The second kappa shape index (κ2) is 6.82.